The number of aromatic nitrogens is 1. The first-order valence-electron chi connectivity index (χ1n) is 9.26. The molecule has 0 aliphatic rings. The summed E-state index contributed by atoms with van der Waals surface area (Å²) in [5.74, 6) is 0.594. The Morgan fingerprint density at radius 1 is 1.03 bits per heavy atom. The van der Waals surface area contributed by atoms with Gasteiger partial charge in [0, 0.05) is 35.2 Å². The van der Waals surface area contributed by atoms with Crippen molar-refractivity contribution in [2.45, 2.75) is 11.4 Å². The third kappa shape index (κ3) is 4.66. The zero-order valence-electron chi connectivity index (χ0n) is 17.1. The van der Waals surface area contributed by atoms with Crippen LogP contribution in [0.4, 0.5) is 0 Å². The highest BCUT2D eigenvalue weighted by Crippen LogP contribution is 2.32. The van der Waals surface area contributed by atoms with E-state index in [1.54, 1.807) is 25.3 Å². The minimum absolute atomic E-state index is 0.205. The number of likely N-dealkylation sites (N-methyl/N-ethyl adjacent to an activating group) is 2. The normalized spacial score (nSPS) is 12.2. The molecule has 0 N–H and O–H groups in total. The number of halogens is 1. The maximum absolute atomic E-state index is 13.7. The van der Waals surface area contributed by atoms with Crippen LogP contribution >= 0.6 is 15.9 Å². The molecule has 1 aromatic heterocycles. The first-order chi connectivity index (χ1) is 13.7. The largest absolute Gasteiger partial charge is 0.497 e. The van der Waals surface area contributed by atoms with E-state index in [2.05, 4.69) is 25.7 Å². The van der Waals surface area contributed by atoms with Crippen LogP contribution < -0.4 is 4.74 Å². The van der Waals surface area contributed by atoms with E-state index in [0.29, 0.717) is 22.3 Å². The summed E-state index contributed by atoms with van der Waals surface area (Å²) < 4.78 is 34.5. The molecule has 0 saturated carbocycles. The van der Waals surface area contributed by atoms with E-state index in [4.69, 9.17) is 4.74 Å². The lowest BCUT2D eigenvalue weighted by Gasteiger charge is -2.21. The molecule has 0 bridgehead atoms. The van der Waals surface area contributed by atoms with E-state index in [9.17, 15) is 8.42 Å². The number of methoxy groups -OCH3 is 1. The summed E-state index contributed by atoms with van der Waals surface area (Å²) in [6.07, 6.45) is 0. The first-order valence-corrected chi connectivity index (χ1v) is 11.5. The van der Waals surface area contributed by atoms with Crippen molar-refractivity contribution in [3.63, 3.8) is 0 Å². The summed E-state index contributed by atoms with van der Waals surface area (Å²) in [4.78, 5) is 4.44. The third-order valence-electron chi connectivity index (χ3n) is 4.76. The minimum Gasteiger partial charge on any atom is -0.497 e. The maximum Gasteiger partial charge on any atom is 0.269 e. The van der Waals surface area contributed by atoms with Gasteiger partial charge < -0.3 is 9.64 Å². The molecule has 156 valence electrons. The Kier molecular flexibility index (Phi) is 6.68. The Labute approximate surface area is 180 Å². The number of fused-ring (bicyclic) bond motifs is 1. The van der Waals surface area contributed by atoms with Crippen LogP contribution in [0.5, 0.6) is 5.75 Å². The molecule has 0 radical (unpaired) electrons. The predicted octanol–water partition coefficient (Wildman–Crippen LogP) is 3.64. The molecule has 0 unspecified atom stereocenters. The average Bonchev–Trinajstić information content (AvgIpc) is 3.04. The molecule has 8 heteroatoms. The molecule has 6 nitrogen and oxygen atoms in total. The summed E-state index contributed by atoms with van der Waals surface area (Å²) in [6, 6.07) is 14.4. The predicted molar refractivity (Wildman–Crippen MR) is 120 cm³/mol. The van der Waals surface area contributed by atoms with Crippen molar-refractivity contribution in [2.24, 2.45) is 0 Å². The van der Waals surface area contributed by atoms with Crippen LogP contribution in [0.25, 0.3) is 10.9 Å². The van der Waals surface area contributed by atoms with Gasteiger partial charge in [0.25, 0.3) is 10.0 Å². The summed E-state index contributed by atoms with van der Waals surface area (Å²) in [6.45, 7) is 2.25. The highest BCUT2D eigenvalue weighted by atomic mass is 79.9. The van der Waals surface area contributed by atoms with Crippen LogP contribution in [-0.4, -0.2) is 63.5 Å². The zero-order valence-corrected chi connectivity index (χ0v) is 19.5. The van der Waals surface area contributed by atoms with Crippen LogP contribution in [0.15, 0.2) is 57.9 Å². The van der Waals surface area contributed by atoms with Crippen LogP contribution in [0.3, 0.4) is 0 Å². The summed E-state index contributed by atoms with van der Waals surface area (Å²) in [5.41, 5.74) is 1.40. The second kappa shape index (κ2) is 8.87. The smallest absolute Gasteiger partial charge is 0.269 e. The third-order valence-corrected chi connectivity index (χ3v) is 7.50. The number of rotatable bonds is 8. The van der Waals surface area contributed by atoms with Crippen LogP contribution in [0, 0.1) is 0 Å². The molecule has 0 atom stereocenters. The SMILES string of the molecule is COc1ccc(S(=O)(=O)n2c(CN(C)CCN(C)C)cc3ccccc32)c(Br)c1. The molecule has 0 aliphatic carbocycles. The Morgan fingerprint density at radius 3 is 2.41 bits per heavy atom. The lowest BCUT2D eigenvalue weighted by atomic mass is 10.2. The van der Waals surface area contributed by atoms with Gasteiger partial charge in [0.1, 0.15) is 10.6 Å². The van der Waals surface area contributed by atoms with E-state index in [0.717, 1.165) is 24.2 Å². The molecule has 0 fully saturated rings. The topological polar surface area (TPSA) is 54.8 Å². The van der Waals surface area contributed by atoms with Crippen molar-refractivity contribution in [1.29, 1.82) is 0 Å². The molecule has 0 amide bonds. The number of hydrogen-bond donors (Lipinski definition) is 0. The fraction of sp³-hybridized carbons (Fsp3) is 0.333. The van der Waals surface area contributed by atoms with Crippen molar-refractivity contribution in [2.75, 3.05) is 41.3 Å². The Hall–Kier alpha value is -1.87. The monoisotopic (exact) mass is 479 g/mol. The molecule has 3 rings (SSSR count). The fourth-order valence-electron chi connectivity index (χ4n) is 3.22. The Bertz CT molecular complexity index is 1110. The van der Waals surface area contributed by atoms with Crippen LogP contribution in [0.2, 0.25) is 0 Å². The van der Waals surface area contributed by atoms with E-state index in [1.165, 1.54) is 3.97 Å². The molecule has 0 aliphatic heterocycles. The van der Waals surface area contributed by atoms with Gasteiger partial charge >= 0.3 is 0 Å². The molecular formula is C21H26BrN3O3S. The highest BCUT2D eigenvalue weighted by molar-refractivity contribution is 9.10. The fourth-order valence-corrected chi connectivity index (χ4v) is 5.78. The molecule has 0 saturated heterocycles. The van der Waals surface area contributed by atoms with Crippen molar-refractivity contribution in [3.05, 3.63) is 58.7 Å². The van der Waals surface area contributed by atoms with Gasteiger partial charge in [-0.3, -0.25) is 4.90 Å². The van der Waals surface area contributed by atoms with Crippen molar-refractivity contribution in [1.82, 2.24) is 13.8 Å². The molecule has 2 aromatic carbocycles. The lowest BCUT2D eigenvalue weighted by molar-refractivity contribution is 0.273. The van der Waals surface area contributed by atoms with E-state index < -0.39 is 10.0 Å². The van der Waals surface area contributed by atoms with Crippen LogP contribution in [0.1, 0.15) is 5.69 Å². The van der Waals surface area contributed by atoms with E-state index in [1.807, 2.05) is 51.5 Å². The molecule has 29 heavy (non-hydrogen) atoms. The number of para-hydroxylation sites is 1. The van der Waals surface area contributed by atoms with Gasteiger partial charge in [-0.2, -0.15) is 0 Å². The van der Waals surface area contributed by atoms with E-state index in [-0.39, 0.29) is 4.90 Å². The molecular weight excluding hydrogens is 454 g/mol. The number of ether oxygens (including phenoxy) is 1. The average molecular weight is 480 g/mol. The van der Waals surface area contributed by atoms with Gasteiger partial charge in [-0.25, -0.2) is 12.4 Å². The Morgan fingerprint density at radius 2 is 1.76 bits per heavy atom. The van der Waals surface area contributed by atoms with Crippen LogP contribution in [-0.2, 0) is 16.6 Å². The minimum atomic E-state index is -3.81. The number of benzene rings is 2. The standard InChI is InChI=1S/C21H26BrN3O3S/c1-23(2)11-12-24(3)15-17-13-16-7-5-6-8-20(16)25(17)29(26,27)21-10-9-18(28-4)14-19(21)22/h5-10,13-14H,11-12,15H2,1-4H3. The highest BCUT2D eigenvalue weighted by Gasteiger charge is 2.26. The van der Waals surface area contributed by atoms with Gasteiger partial charge in [0.2, 0.25) is 0 Å². The number of nitrogens with zero attached hydrogens (tertiary/aromatic N) is 3. The molecule has 3 aromatic rings. The van der Waals surface area contributed by atoms with Gasteiger partial charge in [-0.1, -0.05) is 18.2 Å². The summed E-state index contributed by atoms with van der Waals surface area (Å²) in [7, 11) is 3.79. The Balaban J connectivity index is 2.09. The van der Waals surface area contributed by atoms with Crippen molar-refractivity contribution < 1.29 is 13.2 Å². The first kappa shape index (κ1) is 21.8. The summed E-state index contributed by atoms with van der Waals surface area (Å²) in [5, 5.41) is 0.900. The van der Waals surface area contributed by atoms with E-state index >= 15 is 0 Å². The lowest BCUT2D eigenvalue weighted by Crippen LogP contribution is -2.29. The van der Waals surface area contributed by atoms with Crippen molar-refractivity contribution >= 4 is 36.9 Å². The summed E-state index contributed by atoms with van der Waals surface area (Å²) >= 11 is 3.40. The van der Waals surface area contributed by atoms with Gasteiger partial charge in [-0.05, 0) is 67.4 Å². The molecule has 0 spiro atoms. The zero-order chi connectivity index (χ0) is 21.2. The second-order valence-electron chi connectivity index (χ2n) is 7.30. The van der Waals surface area contributed by atoms with Gasteiger partial charge in [-0.15, -0.1) is 0 Å². The van der Waals surface area contributed by atoms with Crippen molar-refractivity contribution in [3.8, 4) is 5.75 Å². The van der Waals surface area contributed by atoms with Gasteiger partial charge in [0.15, 0.2) is 0 Å². The van der Waals surface area contributed by atoms with Gasteiger partial charge in [0.05, 0.1) is 12.6 Å². The second-order valence-corrected chi connectivity index (χ2v) is 9.91. The quantitative estimate of drug-likeness (QED) is 0.493. The number of hydrogen-bond acceptors (Lipinski definition) is 5. The molecule has 1 heterocycles. The maximum atomic E-state index is 13.7.